The summed E-state index contributed by atoms with van der Waals surface area (Å²) in [6.45, 7) is 3.52. The Balaban J connectivity index is 2.25. The van der Waals surface area contributed by atoms with E-state index < -0.39 is 17.0 Å². The van der Waals surface area contributed by atoms with Gasteiger partial charge in [0.25, 0.3) is 0 Å². The SMILES string of the molecule is Cc1cccc(CC(Cl)c2cc(F)c(C)cc2F)c1. The highest BCUT2D eigenvalue weighted by Gasteiger charge is 2.16. The minimum atomic E-state index is -0.572. The fraction of sp³-hybridized carbons (Fsp3) is 0.250. The van der Waals surface area contributed by atoms with Gasteiger partial charge in [-0.3, -0.25) is 0 Å². The van der Waals surface area contributed by atoms with Gasteiger partial charge >= 0.3 is 0 Å². The molecule has 0 fully saturated rings. The number of halogens is 3. The van der Waals surface area contributed by atoms with Crippen LogP contribution in [0.2, 0.25) is 0 Å². The van der Waals surface area contributed by atoms with E-state index in [1.54, 1.807) is 0 Å². The van der Waals surface area contributed by atoms with E-state index >= 15 is 0 Å². The molecule has 0 heterocycles. The third kappa shape index (κ3) is 3.32. The van der Waals surface area contributed by atoms with Crippen LogP contribution in [0.3, 0.4) is 0 Å². The van der Waals surface area contributed by atoms with E-state index in [1.807, 2.05) is 31.2 Å². The van der Waals surface area contributed by atoms with Gasteiger partial charge in [0.05, 0.1) is 5.38 Å². The Hall–Kier alpha value is -1.41. The average Bonchev–Trinajstić information content (AvgIpc) is 2.33. The summed E-state index contributed by atoms with van der Waals surface area (Å²) in [5.41, 5.74) is 2.64. The molecule has 0 amide bonds. The minimum absolute atomic E-state index is 0.214. The van der Waals surface area contributed by atoms with Gasteiger partial charge in [-0.15, -0.1) is 11.6 Å². The quantitative estimate of drug-likeness (QED) is 0.686. The van der Waals surface area contributed by atoms with Gasteiger partial charge in [-0.05, 0) is 43.5 Å². The van der Waals surface area contributed by atoms with Crippen LogP contribution in [0.1, 0.15) is 27.6 Å². The smallest absolute Gasteiger partial charge is 0.128 e. The van der Waals surface area contributed by atoms with E-state index in [-0.39, 0.29) is 5.56 Å². The summed E-state index contributed by atoms with van der Waals surface area (Å²) in [5, 5.41) is -0.572. The Morgan fingerprint density at radius 1 is 1.05 bits per heavy atom. The molecule has 2 aromatic carbocycles. The van der Waals surface area contributed by atoms with E-state index in [0.29, 0.717) is 12.0 Å². The number of rotatable bonds is 3. The van der Waals surface area contributed by atoms with Crippen molar-refractivity contribution in [1.82, 2.24) is 0 Å². The molecule has 1 atom stereocenters. The van der Waals surface area contributed by atoms with Gasteiger partial charge < -0.3 is 0 Å². The van der Waals surface area contributed by atoms with E-state index in [0.717, 1.165) is 11.1 Å². The second-order valence-corrected chi connectivity index (χ2v) is 5.31. The number of hydrogen-bond donors (Lipinski definition) is 0. The van der Waals surface area contributed by atoms with Crippen LogP contribution >= 0.6 is 11.6 Å². The van der Waals surface area contributed by atoms with Crippen molar-refractivity contribution in [2.45, 2.75) is 25.6 Å². The van der Waals surface area contributed by atoms with E-state index in [2.05, 4.69) is 0 Å². The summed E-state index contributed by atoms with van der Waals surface area (Å²) in [5.74, 6) is -0.877. The molecule has 0 spiro atoms. The van der Waals surface area contributed by atoms with Gasteiger partial charge in [0.2, 0.25) is 0 Å². The molecular formula is C16H15ClF2. The van der Waals surface area contributed by atoms with Crippen molar-refractivity contribution in [3.63, 3.8) is 0 Å². The number of benzene rings is 2. The van der Waals surface area contributed by atoms with E-state index in [9.17, 15) is 8.78 Å². The Labute approximate surface area is 117 Å². The van der Waals surface area contributed by atoms with Crippen LogP contribution in [-0.2, 0) is 6.42 Å². The highest BCUT2D eigenvalue weighted by molar-refractivity contribution is 6.20. The first kappa shape index (κ1) is 14.0. The first-order valence-electron chi connectivity index (χ1n) is 6.12. The van der Waals surface area contributed by atoms with Gasteiger partial charge in [-0.1, -0.05) is 29.8 Å². The Bertz CT molecular complexity index is 593. The topological polar surface area (TPSA) is 0 Å². The Kier molecular flexibility index (Phi) is 4.20. The lowest BCUT2D eigenvalue weighted by molar-refractivity contribution is 0.575. The lowest BCUT2D eigenvalue weighted by atomic mass is 10.0. The van der Waals surface area contributed by atoms with Crippen molar-refractivity contribution < 1.29 is 8.78 Å². The highest BCUT2D eigenvalue weighted by Crippen LogP contribution is 2.29. The van der Waals surface area contributed by atoms with Gasteiger partial charge in [0, 0.05) is 5.56 Å². The molecule has 0 saturated heterocycles. The van der Waals surface area contributed by atoms with Crippen LogP contribution in [0.25, 0.3) is 0 Å². The van der Waals surface area contributed by atoms with E-state index in [4.69, 9.17) is 11.6 Å². The molecule has 0 saturated carbocycles. The number of alkyl halides is 1. The summed E-state index contributed by atoms with van der Waals surface area (Å²) < 4.78 is 27.3. The number of aryl methyl sites for hydroxylation is 2. The highest BCUT2D eigenvalue weighted by atomic mass is 35.5. The second-order valence-electron chi connectivity index (χ2n) is 4.78. The Morgan fingerprint density at radius 3 is 2.47 bits per heavy atom. The molecule has 1 unspecified atom stereocenters. The van der Waals surface area contributed by atoms with Crippen LogP contribution in [0, 0.1) is 25.5 Å². The van der Waals surface area contributed by atoms with Crippen LogP contribution in [0.4, 0.5) is 8.78 Å². The minimum Gasteiger partial charge on any atom is -0.207 e. The molecule has 0 bridgehead atoms. The summed E-state index contributed by atoms with van der Waals surface area (Å²) in [4.78, 5) is 0. The molecular weight excluding hydrogens is 266 g/mol. The average molecular weight is 281 g/mol. The third-order valence-corrected chi connectivity index (χ3v) is 3.50. The predicted octanol–water partition coefficient (Wildman–Crippen LogP) is 5.10. The molecule has 0 aliphatic carbocycles. The largest absolute Gasteiger partial charge is 0.207 e. The first-order chi connectivity index (χ1) is 8.97. The molecule has 0 aliphatic heterocycles. The predicted molar refractivity (Wildman–Crippen MR) is 74.6 cm³/mol. The fourth-order valence-electron chi connectivity index (χ4n) is 2.06. The van der Waals surface area contributed by atoms with Crippen molar-refractivity contribution >= 4 is 11.6 Å². The van der Waals surface area contributed by atoms with Crippen LogP contribution < -0.4 is 0 Å². The van der Waals surface area contributed by atoms with Crippen LogP contribution in [-0.4, -0.2) is 0 Å². The Morgan fingerprint density at radius 2 is 1.79 bits per heavy atom. The molecule has 19 heavy (non-hydrogen) atoms. The summed E-state index contributed by atoms with van der Waals surface area (Å²) in [6.07, 6.45) is 0.475. The lowest BCUT2D eigenvalue weighted by Crippen LogP contribution is -2.01. The van der Waals surface area contributed by atoms with Gasteiger partial charge in [-0.25, -0.2) is 8.78 Å². The van der Waals surface area contributed by atoms with Gasteiger partial charge in [-0.2, -0.15) is 0 Å². The normalized spacial score (nSPS) is 12.5. The molecule has 0 nitrogen and oxygen atoms in total. The summed E-state index contributed by atoms with van der Waals surface area (Å²) in [7, 11) is 0. The molecule has 0 N–H and O–H groups in total. The van der Waals surface area contributed by atoms with Crippen molar-refractivity contribution in [1.29, 1.82) is 0 Å². The van der Waals surface area contributed by atoms with Crippen molar-refractivity contribution in [3.8, 4) is 0 Å². The molecule has 0 radical (unpaired) electrons. The fourth-order valence-corrected chi connectivity index (χ4v) is 2.40. The lowest BCUT2D eigenvalue weighted by Gasteiger charge is -2.12. The van der Waals surface area contributed by atoms with Crippen molar-refractivity contribution in [2.24, 2.45) is 0 Å². The van der Waals surface area contributed by atoms with Gasteiger partial charge in [0.15, 0.2) is 0 Å². The summed E-state index contributed by atoms with van der Waals surface area (Å²) in [6, 6.07) is 10.2. The third-order valence-electron chi connectivity index (χ3n) is 3.11. The standard InChI is InChI=1S/C16H15ClF2/c1-10-4-3-5-12(6-10)8-14(17)13-9-15(18)11(2)7-16(13)19/h3-7,9,14H,8H2,1-2H3. The van der Waals surface area contributed by atoms with Crippen LogP contribution in [0.5, 0.6) is 0 Å². The maximum absolute atomic E-state index is 13.8. The molecule has 2 rings (SSSR count). The number of hydrogen-bond acceptors (Lipinski definition) is 0. The molecule has 0 aliphatic rings. The molecule has 2 aromatic rings. The second kappa shape index (κ2) is 5.70. The van der Waals surface area contributed by atoms with Crippen LogP contribution in [0.15, 0.2) is 36.4 Å². The zero-order valence-electron chi connectivity index (χ0n) is 10.9. The maximum atomic E-state index is 13.8. The van der Waals surface area contributed by atoms with E-state index in [1.165, 1.54) is 19.1 Å². The maximum Gasteiger partial charge on any atom is 0.128 e. The molecule has 0 aromatic heterocycles. The first-order valence-corrected chi connectivity index (χ1v) is 6.56. The van der Waals surface area contributed by atoms with Crippen molar-refractivity contribution in [2.75, 3.05) is 0 Å². The summed E-state index contributed by atoms with van der Waals surface area (Å²) >= 11 is 6.22. The molecule has 3 heteroatoms. The monoisotopic (exact) mass is 280 g/mol. The molecule has 100 valence electrons. The van der Waals surface area contributed by atoms with Crippen molar-refractivity contribution in [3.05, 3.63) is 70.3 Å². The zero-order chi connectivity index (χ0) is 14.0. The zero-order valence-corrected chi connectivity index (χ0v) is 11.6. The van der Waals surface area contributed by atoms with Gasteiger partial charge in [0.1, 0.15) is 11.6 Å².